The van der Waals surface area contributed by atoms with Crippen LogP contribution >= 0.6 is 0 Å². The van der Waals surface area contributed by atoms with Crippen LogP contribution in [0.15, 0.2) is 23.9 Å². The molecule has 0 aliphatic carbocycles. The van der Waals surface area contributed by atoms with Crippen molar-refractivity contribution in [2.45, 2.75) is 25.3 Å². The molecule has 1 aliphatic rings. The first-order valence-electron chi connectivity index (χ1n) is 5.32. The van der Waals surface area contributed by atoms with Gasteiger partial charge in [-0.15, -0.1) is 0 Å². The highest BCUT2D eigenvalue weighted by Gasteiger charge is 2.67. The van der Waals surface area contributed by atoms with Gasteiger partial charge in [0, 0.05) is 13.1 Å². The Balaban J connectivity index is 0.000000367. The normalized spacial score (nSPS) is 16.4. The Morgan fingerprint density at radius 3 is 2.00 bits per heavy atom. The molecule has 0 aromatic rings. The van der Waals surface area contributed by atoms with E-state index >= 15 is 0 Å². The number of likely N-dealkylation sites (N-methyl/N-ethyl adjacent to an activating group) is 1. The van der Waals surface area contributed by atoms with E-state index in [9.17, 15) is 30.4 Å². The second-order valence-electron chi connectivity index (χ2n) is 3.91. The molecular weight excluding hydrogens is 309 g/mol. The van der Waals surface area contributed by atoms with Crippen molar-refractivity contribution in [3.05, 3.63) is 23.9 Å². The number of allylic oxidation sites excluding steroid dienone is 2. The van der Waals surface area contributed by atoms with Gasteiger partial charge in [-0.25, -0.2) is 0 Å². The third-order valence-corrected chi connectivity index (χ3v) is 3.07. The third kappa shape index (κ3) is 5.08. The zero-order valence-electron chi connectivity index (χ0n) is 10.7. The maximum atomic E-state index is 11.5. The van der Waals surface area contributed by atoms with Gasteiger partial charge in [-0.1, -0.05) is 11.6 Å². The van der Waals surface area contributed by atoms with Crippen molar-refractivity contribution in [3.8, 4) is 0 Å². The van der Waals surface area contributed by atoms with Crippen LogP contribution in [-0.2, 0) is 10.1 Å². The Morgan fingerprint density at radius 2 is 1.80 bits per heavy atom. The lowest BCUT2D eigenvalue weighted by molar-refractivity contribution is -0.243. The van der Waals surface area contributed by atoms with Crippen molar-refractivity contribution in [1.29, 1.82) is 0 Å². The Morgan fingerprint density at radius 1 is 1.30 bits per heavy atom. The zero-order valence-corrected chi connectivity index (χ0v) is 11.5. The highest BCUT2D eigenvalue weighted by atomic mass is 32.2. The van der Waals surface area contributed by atoms with E-state index in [4.69, 9.17) is 4.55 Å². The topological polar surface area (TPSA) is 57.6 Å². The summed E-state index contributed by atoms with van der Waals surface area (Å²) in [6.45, 7) is 6.55. The average molecular weight is 323 g/mol. The number of alkyl halides is 5. The average Bonchev–Trinajstić information content (AvgIpc) is 2.27. The summed E-state index contributed by atoms with van der Waals surface area (Å²) in [6, 6.07) is 0. The summed E-state index contributed by atoms with van der Waals surface area (Å²) >= 11 is 0. The molecule has 0 saturated heterocycles. The highest BCUT2D eigenvalue weighted by Crippen LogP contribution is 2.38. The van der Waals surface area contributed by atoms with Gasteiger partial charge < -0.3 is 4.90 Å². The van der Waals surface area contributed by atoms with Gasteiger partial charge in [0.15, 0.2) is 0 Å². The monoisotopic (exact) mass is 323 g/mol. The Labute approximate surface area is 113 Å². The second-order valence-corrected chi connectivity index (χ2v) is 5.37. The molecule has 118 valence electrons. The number of hydrogen-bond acceptors (Lipinski definition) is 3. The number of rotatable bonds is 2. The summed E-state index contributed by atoms with van der Waals surface area (Å²) < 4.78 is 82.2. The number of hydrogen-bond donors (Lipinski definition) is 1. The first-order chi connectivity index (χ1) is 8.83. The molecule has 20 heavy (non-hydrogen) atoms. The van der Waals surface area contributed by atoms with Gasteiger partial charge in [-0.3, -0.25) is 4.55 Å². The number of halogens is 5. The molecule has 0 fully saturated rings. The molecule has 0 amide bonds. The van der Waals surface area contributed by atoms with Crippen LogP contribution < -0.4 is 0 Å². The van der Waals surface area contributed by atoms with Gasteiger partial charge in [-0.05, 0) is 26.1 Å². The molecular formula is C10H14F5NO3S. The van der Waals surface area contributed by atoms with E-state index in [0.29, 0.717) is 0 Å². The van der Waals surface area contributed by atoms with Gasteiger partial charge in [0.25, 0.3) is 0 Å². The van der Waals surface area contributed by atoms with Crippen LogP contribution in [0.2, 0.25) is 0 Å². The van der Waals surface area contributed by atoms with Crippen molar-refractivity contribution in [2.24, 2.45) is 0 Å². The maximum absolute atomic E-state index is 11.5. The van der Waals surface area contributed by atoms with E-state index in [0.717, 1.165) is 13.1 Å². The lowest BCUT2D eigenvalue weighted by Gasteiger charge is -2.20. The predicted octanol–water partition coefficient (Wildman–Crippen LogP) is 2.81. The molecule has 1 aliphatic heterocycles. The van der Waals surface area contributed by atoms with Gasteiger partial charge in [0.05, 0.1) is 0 Å². The van der Waals surface area contributed by atoms with Crippen molar-refractivity contribution in [3.63, 3.8) is 0 Å². The zero-order chi connectivity index (χ0) is 16.2. The summed E-state index contributed by atoms with van der Waals surface area (Å²) in [5, 5.41) is -6.10. The summed E-state index contributed by atoms with van der Waals surface area (Å²) in [7, 11) is -6.42. The van der Waals surface area contributed by atoms with E-state index in [1.165, 1.54) is 5.57 Å². The molecule has 10 heteroatoms. The molecule has 0 atom stereocenters. The highest BCUT2D eigenvalue weighted by molar-refractivity contribution is 7.86. The van der Waals surface area contributed by atoms with E-state index in [1.54, 1.807) is 0 Å². The lowest BCUT2D eigenvalue weighted by Crippen LogP contribution is -2.43. The summed E-state index contributed by atoms with van der Waals surface area (Å²) in [6.07, 6.45) is 0.0993. The van der Waals surface area contributed by atoms with Crippen LogP contribution in [0.25, 0.3) is 0 Å². The fraction of sp³-hybridized carbons (Fsp3) is 0.600. The Hall–Kier alpha value is -1.16. The standard InChI is InChI=1S/C8H13N.C2HF5O3S/c1-3-9-6-4-5-8(2)7-9;3-1(4,5)2(6,7)11(8,9)10/h4-6H,3,7H2,1-2H3;(H,8,9,10). The molecule has 0 bridgehead atoms. The first kappa shape index (κ1) is 18.8. The molecule has 0 aromatic heterocycles. The molecule has 0 radical (unpaired) electrons. The Bertz CT molecular complexity index is 482. The van der Waals surface area contributed by atoms with Crippen LogP contribution in [0.4, 0.5) is 22.0 Å². The van der Waals surface area contributed by atoms with E-state index in [1.807, 2.05) is 0 Å². The number of nitrogens with zero attached hydrogens (tertiary/aromatic N) is 1. The molecule has 1 rings (SSSR count). The van der Waals surface area contributed by atoms with Gasteiger partial charge in [0.2, 0.25) is 0 Å². The van der Waals surface area contributed by atoms with Crippen LogP contribution in [0, 0.1) is 0 Å². The van der Waals surface area contributed by atoms with Crippen molar-refractivity contribution in [1.82, 2.24) is 4.90 Å². The van der Waals surface area contributed by atoms with Crippen LogP contribution in [0.1, 0.15) is 13.8 Å². The quantitative estimate of drug-likeness (QED) is 0.627. The molecule has 1 N–H and O–H groups in total. The van der Waals surface area contributed by atoms with Gasteiger partial charge in [-0.2, -0.15) is 30.4 Å². The first-order valence-corrected chi connectivity index (χ1v) is 6.76. The van der Waals surface area contributed by atoms with Crippen LogP contribution in [0.5, 0.6) is 0 Å². The van der Waals surface area contributed by atoms with Crippen LogP contribution in [0.3, 0.4) is 0 Å². The molecule has 4 nitrogen and oxygen atoms in total. The molecule has 1 heterocycles. The minimum Gasteiger partial charge on any atom is -0.374 e. The molecule has 0 unspecified atom stereocenters. The fourth-order valence-corrected chi connectivity index (χ4v) is 1.41. The Kier molecular flexibility index (Phi) is 6.15. The van der Waals surface area contributed by atoms with Gasteiger partial charge >= 0.3 is 21.5 Å². The van der Waals surface area contributed by atoms with Crippen molar-refractivity contribution < 1.29 is 34.9 Å². The lowest BCUT2D eigenvalue weighted by atomic mass is 10.2. The van der Waals surface area contributed by atoms with Crippen LogP contribution in [-0.4, -0.2) is 42.4 Å². The molecule has 0 spiro atoms. The largest absolute Gasteiger partial charge is 0.472 e. The SMILES string of the molecule is CCN1C=CC=C(C)C1.O=S(=O)(O)C(F)(F)C(F)(F)F. The molecule has 0 saturated carbocycles. The van der Waals surface area contributed by atoms with E-state index in [2.05, 4.69) is 37.1 Å². The summed E-state index contributed by atoms with van der Waals surface area (Å²) in [5.74, 6) is 0. The summed E-state index contributed by atoms with van der Waals surface area (Å²) in [5.41, 5.74) is 1.44. The fourth-order valence-electron chi connectivity index (χ4n) is 1.12. The summed E-state index contributed by atoms with van der Waals surface area (Å²) in [4.78, 5) is 2.29. The minimum absolute atomic E-state index is 1.10. The predicted molar refractivity (Wildman–Crippen MR) is 62.7 cm³/mol. The van der Waals surface area contributed by atoms with Crippen molar-refractivity contribution >= 4 is 10.1 Å². The molecule has 0 aromatic carbocycles. The van der Waals surface area contributed by atoms with E-state index < -0.39 is 21.5 Å². The van der Waals surface area contributed by atoms with E-state index in [-0.39, 0.29) is 0 Å². The minimum atomic E-state index is -6.42. The second kappa shape index (κ2) is 6.53. The third-order valence-electron chi connectivity index (χ3n) is 2.19. The smallest absolute Gasteiger partial charge is 0.374 e. The van der Waals surface area contributed by atoms with Crippen molar-refractivity contribution in [2.75, 3.05) is 13.1 Å². The van der Waals surface area contributed by atoms with Gasteiger partial charge in [0.1, 0.15) is 0 Å². The maximum Gasteiger partial charge on any atom is 0.472 e.